The molecule has 1 aliphatic heterocycles. The summed E-state index contributed by atoms with van der Waals surface area (Å²) >= 11 is 0. The Hall–Kier alpha value is -1.64. The van der Waals surface area contributed by atoms with E-state index in [1.807, 2.05) is 37.3 Å². The first-order valence-electron chi connectivity index (χ1n) is 9.24. The Labute approximate surface area is 156 Å². The Balaban J connectivity index is 1.74. The zero-order valence-corrected chi connectivity index (χ0v) is 16.2. The largest absolute Gasteiger partial charge is 0.377 e. The summed E-state index contributed by atoms with van der Waals surface area (Å²) in [6, 6.07) is 9.93. The van der Waals surface area contributed by atoms with Crippen LogP contribution in [0.1, 0.15) is 31.7 Å². The number of sulfonamides is 1. The molecule has 1 saturated heterocycles. The molecule has 8 heteroatoms. The van der Waals surface area contributed by atoms with Gasteiger partial charge in [-0.3, -0.25) is 0 Å². The minimum Gasteiger partial charge on any atom is -0.377 e. The molecule has 0 amide bonds. The molecule has 146 valence electrons. The number of guanidine groups is 1. The summed E-state index contributed by atoms with van der Waals surface area (Å²) in [5, 5.41) is 6.20. The first-order chi connectivity index (χ1) is 12.6. The van der Waals surface area contributed by atoms with E-state index in [0.29, 0.717) is 32.1 Å². The van der Waals surface area contributed by atoms with Gasteiger partial charge in [-0.2, -0.15) is 0 Å². The summed E-state index contributed by atoms with van der Waals surface area (Å²) in [7, 11) is -3.33. The van der Waals surface area contributed by atoms with Crippen molar-refractivity contribution in [3.05, 3.63) is 35.9 Å². The Morgan fingerprint density at radius 3 is 2.73 bits per heavy atom. The maximum absolute atomic E-state index is 12.1. The van der Waals surface area contributed by atoms with Gasteiger partial charge in [-0.25, -0.2) is 18.1 Å². The van der Waals surface area contributed by atoms with Gasteiger partial charge in [-0.05, 0) is 31.7 Å². The minimum atomic E-state index is -3.33. The highest BCUT2D eigenvalue weighted by atomic mass is 32.2. The summed E-state index contributed by atoms with van der Waals surface area (Å²) in [6.45, 7) is 4.59. The molecule has 0 aliphatic carbocycles. The number of ether oxygens (including phenoxy) is 1. The van der Waals surface area contributed by atoms with E-state index in [2.05, 4.69) is 20.3 Å². The van der Waals surface area contributed by atoms with Gasteiger partial charge in [-0.1, -0.05) is 30.3 Å². The van der Waals surface area contributed by atoms with Gasteiger partial charge >= 0.3 is 0 Å². The van der Waals surface area contributed by atoms with Gasteiger partial charge < -0.3 is 15.4 Å². The molecule has 1 fully saturated rings. The molecular weight excluding hydrogens is 352 g/mol. The van der Waals surface area contributed by atoms with E-state index in [1.165, 1.54) is 0 Å². The number of nitrogens with zero attached hydrogens (tertiary/aromatic N) is 1. The van der Waals surface area contributed by atoms with E-state index in [9.17, 15) is 8.42 Å². The number of benzene rings is 1. The van der Waals surface area contributed by atoms with Gasteiger partial charge in [0.1, 0.15) is 0 Å². The molecule has 0 aromatic heterocycles. The molecule has 1 heterocycles. The van der Waals surface area contributed by atoms with Crippen molar-refractivity contribution in [2.45, 2.75) is 38.8 Å². The molecule has 1 atom stereocenters. The highest BCUT2D eigenvalue weighted by Crippen LogP contribution is 2.11. The third-order valence-electron chi connectivity index (χ3n) is 4.07. The predicted octanol–water partition coefficient (Wildman–Crippen LogP) is 1.23. The van der Waals surface area contributed by atoms with Crippen LogP contribution in [0.15, 0.2) is 35.3 Å². The van der Waals surface area contributed by atoms with Gasteiger partial charge in [0.05, 0.1) is 18.4 Å². The van der Waals surface area contributed by atoms with Crippen molar-refractivity contribution < 1.29 is 13.2 Å². The topological polar surface area (TPSA) is 91.8 Å². The lowest BCUT2D eigenvalue weighted by Crippen LogP contribution is -2.42. The molecule has 1 aromatic carbocycles. The minimum absolute atomic E-state index is 0.00348. The van der Waals surface area contributed by atoms with E-state index in [1.54, 1.807) is 0 Å². The molecule has 3 N–H and O–H groups in total. The van der Waals surface area contributed by atoms with Crippen LogP contribution in [0, 0.1) is 0 Å². The van der Waals surface area contributed by atoms with Crippen LogP contribution in [0.3, 0.4) is 0 Å². The van der Waals surface area contributed by atoms with Crippen LogP contribution >= 0.6 is 0 Å². The summed E-state index contributed by atoms with van der Waals surface area (Å²) in [4.78, 5) is 4.48. The van der Waals surface area contributed by atoms with E-state index < -0.39 is 10.0 Å². The van der Waals surface area contributed by atoms with Crippen molar-refractivity contribution in [3.8, 4) is 0 Å². The van der Waals surface area contributed by atoms with Gasteiger partial charge in [-0.15, -0.1) is 0 Å². The van der Waals surface area contributed by atoms with E-state index in [0.717, 1.165) is 31.4 Å². The van der Waals surface area contributed by atoms with Gasteiger partial charge in [0.2, 0.25) is 10.0 Å². The lowest BCUT2D eigenvalue weighted by Gasteiger charge is -2.22. The summed E-state index contributed by atoms with van der Waals surface area (Å²) in [6.07, 6.45) is 3.06. The van der Waals surface area contributed by atoms with Crippen LogP contribution in [-0.2, 0) is 21.3 Å². The maximum atomic E-state index is 12.1. The van der Waals surface area contributed by atoms with Crippen molar-refractivity contribution >= 4 is 16.0 Å². The average Bonchev–Trinajstić information content (AvgIpc) is 2.66. The highest BCUT2D eigenvalue weighted by molar-refractivity contribution is 7.89. The number of rotatable bonds is 9. The van der Waals surface area contributed by atoms with E-state index in [-0.39, 0.29) is 11.9 Å². The molecule has 7 nitrogen and oxygen atoms in total. The van der Waals surface area contributed by atoms with Crippen LogP contribution in [0.25, 0.3) is 0 Å². The predicted molar refractivity (Wildman–Crippen MR) is 105 cm³/mol. The molecule has 0 spiro atoms. The first-order valence-corrected chi connectivity index (χ1v) is 10.9. The summed E-state index contributed by atoms with van der Waals surface area (Å²) in [5.74, 6) is 0.609. The molecule has 2 rings (SSSR count). The fourth-order valence-electron chi connectivity index (χ4n) is 2.66. The molecule has 0 bridgehead atoms. The molecule has 0 radical (unpaired) electrons. The summed E-state index contributed by atoms with van der Waals surface area (Å²) < 4.78 is 32.4. The number of nitrogens with one attached hydrogen (secondary N) is 3. The second kappa shape index (κ2) is 11.2. The zero-order valence-electron chi connectivity index (χ0n) is 15.4. The van der Waals surface area contributed by atoms with Crippen molar-refractivity contribution in [1.82, 2.24) is 15.4 Å². The van der Waals surface area contributed by atoms with Crippen LogP contribution in [0.5, 0.6) is 0 Å². The maximum Gasteiger partial charge on any atom is 0.213 e. The van der Waals surface area contributed by atoms with E-state index in [4.69, 9.17) is 4.74 Å². The van der Waals surface area contributed by atoms with E-state index >= 15 is 0 Å². The van der Waals surface area contributed by atoms with Gasteiger partial charge in [0.25, 0.3) is 0 Å². The Kier molecular flexibility index (Phi) is 8.87. The monoisotopic (exact) mass is 382 g/mol. The Bertz CT molecular complexity index is 644. The van der Waals surface area contributed by atoms with Crippen LogP contribution < -0.4 is 15.4 Å². The van der Waals surface area contributed by atoms with Crippen molar-refractivity contribution in [3.63, 3.8) is 0 Å². The second-order valence-electron chi connectivity index (χ2n) is 6.26. The van der Waals surface area contributed by atoms with Crippen LogP contribution in [0.4, 0.5) is 0 Å². The molecule has 1 aromatic rings. The molecule has 1 aliphatic rings. The molecule has 26 heavy (non-hydrogen) atoms. The Morgan fingerprint density at radius 1 is 1.23 bits per heavy atom. The van der Waals surface area contributed by atoms with Gasteiger partial charge in [0, 0.05) is 26.2 Å². The third-order valence-corrected chi connectivity index (χ3v) is 5.42. The van der Waals surface area contributed by atoms with Crippen molar-refractivity contribution in [2.75, 3.05) is 32.0 Å². The second-order valence-corrected chi connectivity index (χ2v) is 8.19. The number of hydrogen-bond acceptors (Lipinski definition) is 4. The average molecular weight is 383 g/mol. The zero-order chi connectivity index (χ0) is 18.7. The van der Waals surface area contributed by atoms with Crippen molar-refractivity contribution in [2.24, 2.45) is 4.99 Å². The fourth-order valence-corrected chi connectivity index (χ4v) is 3.61. The molecule has 1 unspecified atom stereocenters. The van der Waals surface area contributed by atoms with Gasteiger partial charge in [0.15, 0.2) is 5.96 Å². The standard InChI is InChI=1S/C18H30N4O3S/c1-2-19-18(21-14-16-8-4-3-5-9-16)20-11-13-26(23,24)22-15-17-10-6-7-12-25-17/h3-5,8-9,17,22H,2,6-7,10-15H2,1H3,(H2,19,20,21). The fraction of sp³-hybridized carbons (Fsp3) is 0.611. The smallest absolute Gasteiger partial charge is 0.213 e. The normalized spacial score (nSPS) is 18.5. The number of aliphatic imine (C=N–C) groups is 1. The first kappa shape index (κ1) is 20.7. The van der Waals surface area contributed by atoms with Crippen LogP contribution in [0.2, 0.25) is 0 Å². The molecular formula is C18H30N4O3S. The third kappa shape index (κ3) is 8.16. The lowest BCUT2D eigenvalue weighted by molar-refractivity contribution is 0.0200. The van der Waals surface area contributed by atoms with Crippen molar-refractivity contribution in [1.29, 1.82) is 0 Å². The lowest BCUT2D eigenvalue weighted by atomic mass is 10.1. The number of hydrogen-bond donors (Lipinski definition) is 3. The summed E-state index contributed by atoms with van der Waals surface area (Å²) in [5.41, 5.74) is 1.10. The van der Waals surface area contributed by atoms with Crippen LogP contribution in [-0.4, -0.2) is 52.5 Å². The SMILES string of the molecule is CCNC(=NCc1ccccc1)NCCS(=O)(=O)NCC1CCCCO1. The molecule has 0 saturated carbocycles. The highest BCUT2D eigenvalue weighted by Gasteiger charge is 2.17. The Morgan fingerprint density at radius 2 is 2.04 bits per heavy atom. The quantitative estimate of drug-likeness (QED) is 0.441.